The van der Waals surface area contributed by atoms with Crippen LogP contribution >= 0.6 is 22.6 Å². The van der Waals surface area contributed by atoms with Crippen LogP contribution in [0.25, 0.3) is 0 Å². The highest BCUT2D eigenvalue weighted by molar-refractivity contribution is 14.1. The Balaban J connectivity index is 4.68. The number of halogens is 1. The van der Waals surface area contributed by atoms with Crippen LogP contribution in [0.4, 0.5) is 0 Å². The summed E-state index contributed by atoms with van der Waals surface area (Å²) in [5, 5.41) is 9.88. The predicted molar refractivity (Wildman–Crippen MR) is 95.3 cm³/mol. The number of aliphatic hydroxyl groups is 1. The van der Waals surface area contributed by atoms with Gasteiger partial charge in [-0.3, -0.25) is 0 Å². The molecule has 0 aliphatic rings. The summed E-state index contributed by atoms with van der Waals surface area (Å²) < 4.78 is 8.29. The molecule has 0 aromatic rings. The van der Waals surface area contributed by atoms with Gasteiger partial charge < -0.3 is 9.53 Å². The largest absolute Gasteiger partial charge is 0.411 e. The maximum atomic E-state index is 9.88. The van der Waals surface area contributed by atoms with Gasteiger partial charge in [-0.25, -0.2) is 0 Å². The zero-order valence-electron chi connectivity index (χ0n) is 13.1. The minimum atomic E-state index is -1.64. The van der Waals surface area contributed by atoms with Gasteiger partial charge in [-0.1, -0.05) is 62.4 Å². The van der Waals surface area contributed by atoms with Crippen molar-refractivity contribution < 1.29 is 9.53 Å². The summed E-state index contributed by atoms with van der Waals surface area (Å²) in [5.41, 5.74) is 1.58. The maximum absolute atomic E-state index is 9.88. The third-order valence-electron chi connectivity index (χ3n) is 3.87. The van der Waals surface area contributed by atoms with Crippen molar-refractivity contribution in [2.75, 3.05) is 0 Å². The Labute approximate surface area is 133 Å². The third-order valence-corrected chi connectivity index (χ3v) is 10.2. The monoisotopic (exact) mass is 396 g/mol. The Morgan fingerprint density at radius 3 is 2.11 bits per heavy atom. The lowest BCUT2D eigenvalue weighted by Crippen LogP contribution is -2.42. The second-order valence-corrected chi connectivity index (χ2v) is 11.0. The average molecular weight is 396 g/mol. The van der Waals surface area contributed by atoms with E-state index >= 15 is 0 Å². The van der Waals surface area contributed by atoms with Gasteiger partial charge in [0.1, 0.15) is 0 Å². The maximum Gasteiger partial charge on any atom is 0.195 e. The Hall–Kier alpha value is 0.347. The van der Waals surface area contributed by atoms with E-state index in [1.54, 1.807) is 0 Å². The second-order valence-electron chi connectivity index (χ2n) is 5.43. The first kappa shape index (κ1) is 19.3. The summed E-state index contributed by atoms with van der Waals surface area (Å²) in [7, 11) is -1.64. The van der Waals surface area contributed by atoms with Gasteiger partial charge in [-0.15, -0.1) is 0 Å². The minimum Gasteiger partial charge on any atom is -0.411 e. The molecule has 2 nitrogen and oxygen atoms in total. The molecule has 0 saturated carbocycles. The molecular formula is C15H29IO2Si. The molecule has 0 rings (SSSR count). The molecule has 0 bridgehead atoms. The van der Waals surface area contributed by atoms with Crippen LogP contribution in [0.5, 0.6) is 0 Å². The van der Waals surface area contributed by atoms with Gasteiger partial charge in [0.25, 0.3) is 0 Å². The van der Waals surface area contributed by atoms with Crippen LogP contribution in [0.3, 0.4) is 0 Å². The number of hydrogen-bond donors (Lipinski definition) is 1. The van der Waals surface area contributed by atoms with E-state index in [1.807, 2.05) is 23.2 Å². The van der Waals surface area contributed by atoms with Crippen molar-refractivity contribution in [3.63, 3.8) is 0 Å². The van der Waals surface area contributed by atoms with E-state index < -0.39 is 14.4 Å². The molecule has 0 aromatic carbocycles. The topological polar surface area (TPSA) is 29.5 Å². The quantitative estimate of drug-likeness (QED) is 0.354. The van der Waals surface area contributed by atoms with Crippen molar-refractivity contribution in [3.05, 3.63) is 21.8 Å². The van der Waals surface area contributed by atoms with Crippen molar-refractivity contribution in [1.29, 1.82) is 0 Å². The molecule has 0 amide bonds. The number of aliphatic hydroxyl groups excluding tert-OH is 1. The molecule has 0 fully saturated rings. The van der Waals surface area contributed by atoms with E-state index in [0.29, 0.717) is 5.54 Å². The average Bonchev–Trinajstić information content (AvgIpc) is 2.40. The minimum absolute atomic E-state index is 0.0747. The van der Waals surface area contributed by atoms with Crippen molar-refractivity contribution >= 4 is 30.9 Å². The van der Waals surface area contributed by atoms with E-state index in [4.69, 9.17) is 4.43 Å². The summed E-state index contributed by atoms with van der Waals surface area (Å²) in [6, 6.07) is 2.29. The summed E-state index contributed by atoms with van der Waals surface area (Å²) in [6.07, 6.45) is 3.40. The molecule has 0 radical (unpaired) electrons. The lowest BCUT2D eigenvalue weighted by atomic mass is 10.2. The molecule has 0 aliphatic heterocycles. The fraction of sp³-hybridized carbons (Fsp3) is 0.733. The molecule has 112 valence electrons. The van der Waals surface area contributed by atoms with Crippen LogP contribution in [0.2, 0.25) is 17.6 Å². The summed E-state index contributed by atoms with van der Waals surface area (Å²) in [6.45, 7) is 13.0. The smallest absolute Gasteiger partial charge is 0.195 e. The Kier molecular flexibility index (Phi) is 9.48. The van der Waals surface area contributed by atoms with E-state index in [9.17, 15) is 5.11 Å². The summed E-state index contributed by atoms with van der Waals surface area (Å²) >= 11 is 2.15. The van der Waals surface area contributed by atoms with Gasteiger partial charge in [-0.2, -0.15) is 0 Å². The highest BCUT2D eigenvalue weighted by Crippen LogP contribution is 2.31. The van der Waals surface area contributed by atoms with Crippen LogP contribution in [0.1, 0.15) is 41.5 Å². The van der Waals surface area contributed by atoms with Gasteiger partial charge >= 0.3 is 0 Å². The SMILES string of the molecule is CC[Si](CC)(O[C@H](C)/C=C/C(O)/C(C)=C\I)C(C)C. The standard InChI is InChI=1S/C15H29IO2Si/c1-7-19(8-2,12(3)4)18-14(6)9-10-15(17)13(5)11-16/h9-12,14-15,17H,7-8H2,1-6H3/b10-9+,13-11-/t14-,15?/m1/s1. The number of rotatable bonds is 8. The lowest BCUT2D eigenvalue weighted by Gasteiger charge is -2.35. The molecule has 19 heavy (non-hydrogen) atoms. The first-order valence-corrected chi connectivity index (χ1v) is 10.8. The van der Waals surface area contributed by atoms with Gasteiger partial charge in [0.2, 0.25) is 0 Å². The molecule has 1 unspecified atom stereocenters. The normalized spacial score (nSPS) is 17.2. The lowest BCUT2D eigenvalue weighted by molar-refractivity contribution is 0.236. The van der Waals surface area contributed by atoms with Crippen molar-refractivity contribution in [2.45, 2.75) is 71.4 Å². The highest BCUT2D eigenvalue weighted by atomic mass is 127. The van der Waals surface area contributed by atoms with E-state index in [2.05, 4.69) is 57.2 Å². The Morgan fingerprint density at radius 1 is 1.21 bits per heavy atom. The summed E-state index contributed by atoms with van der Waals surface area (Å²) in [4.78, 5) is 0. The molecule has 4 heteroatoms. The Bertz CT molecular complexity index is 309. The zero-order chi connectivity index (χ0) is 15.1. The van der Waals surface area contributed by atoms with Crippen LogP contribution in [-0.4, -0.2) is 25.6 Å². The van der Waals surface area contributed by atoms with E-state index in [0.717, 1.165) is 17.7 Å². The van der Waals surface area contributed by atoms with Crippen molar-refractivity contribution in [2.24, 2.45) is 0 Å². The predicted octanol–water partition coefficient (Wildman–Crippen LogP) is 5.04. The number of hydrogen-bond acceptors (Lipinski definition) is 2. The molecule has 2 atom stereocenters. The molecule has 0 aromatic heterocycles. The third kappa shape index (κ3) is 6.10. The van der Waals surface area contributed by atoms with E-state index in [-0.39, 0.29) is 6.10 Å². The van der Waals surface area contributed by atoms with E-state index in [1.165, 1.54) is 0 Å². The van der Waals surface area contributed by atoms with Crippen molar-refractivity contribution in [1.82, 2.24) is 0 Å². The van der Waals surface area contributed by atoms with Crippen LogP contribution in [0, 0.1) is 0 Å². The molecule has 0 spiro atoms. The summed E-state index contributed by atoms with van der Waals surface area (Å²) in [5.74, 6) is 0. The molecule has 1 N–H and O–H groups in total. The molecule has 0 heterocycles. The first-order chi connectivity index (χ1) is 8.82. The van der Waals surface area contributed by atoms with Crippen molar-refractivity contribution in [3.8, 4) is 0 Å². The van der Waals surface area contributed by atoms with Gasteiger partial charge in [0.05, 0.1) is 12.2 Å². The van der Waals surface area contributed by atoms with Gasteiger partial charge in [0.15, 0.2) is 8.32 Å². The molecule has 0 aliphatic carbocycles. The first-order valence-electron chi connectivity index (χ1n) is 7.14. The van der Waals surface area contributed by atoms with Gasteiger partial charge in [0, 0.05) is 0 Å². The zero-order valence-corrected chi connectivity index (χ0v) is 16.3. The van der Waals surface area contributed by atoms with Crippen LogP contribution in [0.15, 0.2) is 21.8 Å². The fourth-order valence-corrected chi connectivity index (χ4v) is 6.18. The molecule has 0 saturated heterocycles. The van der Waals surface area contributed by atoms with Gasteiger partial charge in [-0.05, 0) is 41.1 Å². The fourth-order valence-electron chi connectivity index (χ4n) is 2.26. The highest BCUT2D eigenvalue weighted by Gasteiger charge is 2.35. The second kappa shape index (κ2) is 9.31. The Morgan fingerprint density at radius 2 is 1.74 bits per heavy atom. The molecular weight excluding hydrogens is 367 g/mol. The van der Waals surface area contributed by atoms with Crippen LogP contribution in [-0.2, 0) is 4.43 Å². The van der Waals surface area contributed by atoms with Crippen LogP contribution < -0.4 is 0 Å².